The molecular formula is C28H31F3N8O2. The number of hydrogen-bond donors (Lipinski definition) is 4. The Morgan fingerprint density at radius 3 is 2.37 bits per heavy atom. The largest absolute Gasteiger partial charge is 0.421 e. The van der Waals surface area contributed by atoms with Crippen molar-refractivity contribution in [2.45, 2.75) is 39.0 Å². The van der Waals surface area contributed by atoms with Gasteiger partial charge < -0.3 is 26.2 Å². The number of carbonyl (C=O) groups excluding carboxylic acids is 2. The Morgan fingerprint density at radius 1 is 1.00 bits per heavy atom. The van der Waals surface area contributed by atoms with Crippen LogP contribution in [0.1, 0.15) is 36.7 Å². The van der Waals surface area contributed by atoms with Crippen LogP contribution < -0.4 is 26.2 Å². The Labute approximate surface area is 235 Å². The van der Waals surface area contributed by atoms with Crippen molar-refractivity contribution in [1.82, 2.24) is 20.2 Å². The first-order valence-corrected chi connectivity index (χ1v) is 13.3. The summed E-state index contributed by atoms with van der Waals surface area (Å²) in [5.74, 6) is -1.66. The lowest BCUT2D eigenvalue weighted by Crippen LogP contribution is -2.48. The van der Waals surface area contributed by atoms with Gasteiger partial charge >= 0.3 is 6.18 Å². The summed E-state index contributed by atoms with van der Waals surface area (Å²) in [6, 6.07) is 11.7. The lowest BCUT2D eigenvalue weighted by Gasteiger charge is -2.38. The van der Waals surface area contributed by atoms with E-state index >= 15 is 0 Å². The van der Waals surface area contributed by atoms with Crippen LogP contribution >= 0.6 is 0 Å². The fourth-order valence-corrected chi connectivity index (χ4v) is 4.83. The van der Waals surface area contributed by atoms with Gasteiger partial charge in [0.15, 0.2) is 0 Å². The highest BCUT2D eigenvalue weighted by Gasteiger charge is 2.36. The lowest BCUT2D eigenvalue weighted by atomic mass is 10.1. The van der Waals surface area contributed by atoms with E-state index in [2.05, 4.69) is 54.9 Å². The van der Waals surface area contributed by atoms with E-state index in [4.69, 9.17) is 0 Å². The first-order valence-electron chi connectivity index (χ1n) is 13.3. The molecule has 2 amide bonds. The second kappa shape index (κ2) is 11.2. The summed E-state index contributed by atoms with van der Waals surface area (Å²) >= 11 is 0. The summed E-state index contributed by atoms with van der Waals surface area (Å²) in [6.45, 7) is 9.65. The summed E-state index contributed by atoms with van der Waals surface area (Å²) in [5, 5.41) is 10.8. The molecule has 0 saturated carbocycles. The second-order valence-corrected chi connectivity index (χ2v) is 10.3. The van der Waals surface area contributed by atoms with Gasteiger partial charge in [0.1, 0.15) is 17.4 Å². The van der Waals surface area contributed by atoms with Gasteiger partial charge in [0.2, 0.25) is 11.9 Å². The second-order valence-electron chi connectivity index (χ2n) is 10.3. The SMILES string of the molecule is CC1NC(=O)c2c(cccc2Nc2nc(Nc3ccc(N4CCN(C(C)C)CC4)cc3)ncc2C(F)(F)F)NC1=O. The van der Waals surface area contributed by atoms with E-state index in [1.807, 2.05) is 24.3 Å². The molecule has 1 atom stereocenters. The predicted octanol–water partition coefficient (Wildman–Crippen LogP) is 4.58. The smallest absolute Gasteiger partial charge is 0.369 e. The Morgan fingerprint density at radius 2 is 1.71 bits per heavy atom. The highest BCUT2D eigenvalue weighted by molar-refractivity contribution is 6.13. The molecule has 13 heteroatoms. The number of amides is 2. The van der Waals surface area contributed by atoms with Crippen molar-refractivity contribution in [3.63, 3.8) is 0 Å². The molecular weight excluding hydrogens is 537 g/mol. The summed E-state index contributed by atoms with van der Waals surface area (Å²) in [6.07, 6.45) is -4.08. The number of benzene rings is 2. The normalized spacial score (nSPS) is 17.9. The van der Waals surface area contributed by atoms with Crippen LogP contribution in [-0.2, 0) is 11.0 Å². The van der Waals surface area contributed by atoms with E-state index in [1.165, 1.54) is 25.1 Å². The number of fused-ring (bicyclic) bond motifs is 1. The fourth-order valence-electron chi connectivity index (χ4n) is 4.83. The molecule has 2 aliphatic heterocycles. The molecule has 0 radical (unpaired) electrons. The molecule has 2 aliphatic rings. The molecule has 10 nitrogen and oxygen atoms in total. The molecule has 3 heterocycles. The monoisotopic (exact) mass is 568 g/mol. The maximum Gasteiger partial charge on any atom is 0.421 e. The van der Waals surface area contributed by atoms with Gasteiger partial charge in [-0.15, -0.1) is 0 Å². The van der Waals surface area contributed by atoms with Crippen LogP contribution in [-0.4, -0.2) is 64.9 Å². The minimum Gasteiger partial charge on any atom is -0.369 e. The zero-order valence-electron chi connectivity index (χ0n) is 22.8. The van der Waals surface area contributed by atoms with Crippen molar-refractivity contribution in [3.8, 4) is 0 Å². The Balaban J connectivity index is 1.38. The molecule has 0 spiro atoms. The van der Waals surface area contributed by atoms with Crippen molar-refractivity contribution in [3.05, 3.63) is 59.8 Å². The fraction of sp³-hybridized carbons (Fsp3) is 0.357. The van der Waals surface area contributed by atoms with E-state index in [0.717, 1.165) is 31.9 Å². The van der Waals surface area contributed by atoms with Gasteiger partial charge in [-0.1, -0.05) is 6.07 Å². The van der Waals surface area contributed by atoms with Crippen LogP contribution in [0.5, 0.6) is 0 Å². The van der Waals surface area contributed by atoms with Crippen LogP contribution in [0.3, 0.4) is 0 Å². The maximum atomic E-state index is 13.9. The quantitative estimate of drug-likeness (QED) is 0.342. The van der Waals surface area contributed by atoms with Crippen molar-refractivity contribution in [2.24, 2.45) is 0 Å². The third-order valence-electron chi connectivity index (χ3n) is 7.17. The molecule has 2 aromatic carbocycles. The summed E-state index contributed by atoms with van der Waals surface area (Å²) in [4.78, 5) is 37.8. The van der Waals surface area contributed by atoms with E-state index in [9.17, 15) is 22.8 Å². The number of aromatic nitrogens is 2. The molecule has 0 bridgehead atoms. The lowest BCUT2D eigenvalue weighted by molar-refractivity contribution is -0.137. The van der Waals surface area contributed by atoms with Crippen LogP contribution in [0.15, 0.2) is 48.7 Å². The average molecular weight is 569 g/mol. The minimum absolute atomic E-state index is 0.00346. The van der Waals surface area contributed by atoms with Gasteiger partial charge in [-0.2, -0.15) is 18.2 Å². The zero-order valence-corrected chi connectivity index (χ0v) is 22.8. The van der Waals surface area contributed by atoms with Crippen molar-refractivity contribution >= 4 is 46.3 Å². The number of nitrogens with zero attached hydrogens (tertiary/aromatic N) is 4. The van der Waals surface area contributed by atoms with Crippen LogP contribution in [0.4, 0.5) is 47.7 Å². The molecule has 1 unspecified atom stereocenters. The zero-order chi connectivity index (χ0) is 29.3. The molecule has 0 aliphatic carbocycles. The maximum absolute atomic E-state index is 13.9. The number of halogens is 3. The van der Waals surface area contributed by atoms with E-state index in [-0.39, 0.29) is 22.9 Å². The summed E-state index contributed by atoms with van der Waals surface area (Å²) in [5.41, 5.74) is 0.767. The van der Waals surface area contributed by atoms with Crippen LogP contribution in [0.2, 0.25) is 0 Å². The Bertz CT molecular complexity index is 1440. The van der Waals surface area contributed by atoms with Gasteiger partial charge in [0, 0.05) is 49.8 Å². The minimum atomic E-state index is -4.77. The Kier molecular flexibility index (Phi) is 7.72. The average Bonchev–Trinajstić information content (AvgIpc) is 3.03. The van der Waals surface area contributed by atoms with Gasteiger partial charge in [-0.25, -0.2) is 4.98 Å². The molecule has 1 fully saturated rings. The number of alkyl halides is 3. The number of hydrogen-bond acceptors (Lipinski definition) is 8. The molecule has 1 aromatic heterocycles. The summed E-state index contributed by atoms with van der Waals surface area (Å²) < 4.78 is 41.7. The van der Waals surface area contributed by atoms with Gasteiger partial charge in [-0.3, -0.25) is 14.5 Å². The van der Waals surface area contributed by atoms with Crippen LogP contribution in [0.25, 0.3) is 0 Å². The van der Waals surface area contributed by atoms with Crippen LogP contribution in [0, 0.1) is 0 Å². The van der Waals surface area contributed by atoms with E-state index in [0.29, 0.717) is 17.9 Å². The standard InChI is InChI=1S/C28H31F3N8O2/c1-16(2)38-11-13-39(14-12-38)19-9-7-18(8-10-19)34-27-32-15-20(28(29,30)31)24(37-27)35-21-5-4-6-22-23(21)26(41)33-17(3)25(40)36-22/h4-10,15-17H,11-14H2,1-3H3,(H,33,41)(H,36,40)(H2,32,34,35,37). The number of anilines is 6. The molecule has 3 aromatic rings. The first-order chi connectivity index (χ1) is 19.5. The van der Waals surface area contributed by atoms with E-state index < -0.39 is 35.4 Å². The topological polar surface area (TPSA) is 115 Å². The molecule has 216 valence electrons. The number of piperazine rings is 1. The predicted molar refractivity (Wildman–Crippen MR) is 151 cm³/mol. The van der Waals surface area contributed by atoms with Crippen molar-refractivity contribution < 1.29 is 22.8 Å². The number of nitrogens with one attached hydrogen (secondary N) is 4. The summed E-state index contributed by atoms with van der Waals surface area (Å²) in [7, 11) is 0. The Hall–Kier alpha value is -4.39. The van der Waals surface area contributed by atoms with Gasteiger partial charge in [0.25, 0.3) is 5.91 Å². The molecule has 5 rings (SSSR count). The van der Waals surface area contributed by atoms with Crippen molar-refractivity contribution in [1.29, 1.82) is 0 Å². The van der Waals surface area contributed by atoms with Crippen molar-refractivity contribution in [2.75, 3.05) is 47.0 Å². The third kappa shape index (κ3) is 6.19. The number of rotatable bonds is 6. The van der Waals surface area contributed by atoms with Gasteiger partial charge in [0.05, 0.1) is 16.9 Å². The first kappa shape index (κ1) is 28.1. The highest BCUT2D eigenvalue weighted by Crippen LogP contribution is 2.37. The van der Waals surface area contributed by atoms with Gasteiger partial charge in [-0.05, 0) is 57.2 Å². The molecule has 41 heavy (non-hydrogen) atoms. The highest BCUT2D eigenvalue weighted by atomic mass is 19.4. The molecule has 1 saturated heterocycles. The number of carbonyl (C=O) groups is 2. The van der Waals surface area contributed by atoms with E-state index in [1.54, 1.807) is 0 Å². The third-order valence-corrected chi connectivity index (χ3v) is 7.17. The molecule has 4 N–H and O–H groups in total.